The molecular formula is C9H17NO4. The molecule has 0 aliphatic carbocycles. The Labute approximate surface area is 83.6 Å². The predicted octanol–water partition coefficient (Wildman–Crippen LogP) is 1.18. The molecule has 0 saturated carbocycles. The fraction of sp³-hybridized carbons (Fsp3) is 0.778. The van der Waals surface area contributed by atoms with Gasteiger partial charge in [0.05, 0.1) is 7.11 Å². The molecule has 5 nitrogen and oxygen atoms in total. The van der Waals surface area contributed by atoms with E-state index in [0.29, 0.717) is 6.42 Å². The Balaban J connectivity index is 4.48. The second-order valence-electron chi connectivity index (χ2n) is 3.56. The van der Waals surface area contributed by atoms with Gasteiger partial charge in [0.25, 0.3) is 0 Å². The summed E-state index contributed by atoms with van der Waals surface area (Å²) in [6, 6.07) is -0.817. The van der Waals surface area contributed by atoms with Gasteiger partial charge in [0, 0.05) is 7.05 Å². The Hall–Kier alpha value is -1.26. The number of carboxylic acids is 1. The number of nitrogens with zero attached hydrogens (tertiary/aromatic N) is 1. The lowest BCUT2D eigenvalue weighted by Crippen LogP contribution is -2.43. The second-order valence-corrected chi connectivity index (χ2v) is 3.56. The van der Waals surface area contributed by atoms with Crippen LogP contribution in [0.3, 0.4) is 0 Å². The van der Waals surface area contributed by atoms with Crippen LogP contribution in [0.25, 0.3) is 0 Å². The molecule has 0 spiro atoms. The van der Waals surface area contributed by atoms with Gasteiger partial charge in [-0.2, -0.15) is 0 Å². The topological polar surface area (TPSA) is 66.8 Å². The van der Waals surface area contributed by atoms with Crippen LogP contribution in [0.5, 0.6) is 0 Å². The fourth-order valence-electron chi connectivity index (χ4n) is 1.14. The van der Waals surface area contributed by atoms with E-state index in [0.717, 1.165) is 4.90 Å². The Bertz CT molecular complexity index is 215. The lowest BCUT2D eigenvalue weighted by atomic mass is 10.0. The number of carbonyl (C=O) groups is 2. The zero-order valence-corrected chi connectivity index (χ0v) is 8.98. The average molecular weight is 203 g/mol. The molecule has 0 bridgehead atoms. The molecule has 0 aliphatic heterocycles. The third-order valence-corrected chi connectivity index (χ3v) is 1.91. The van der Waals surface area contributed by atoms with Gasteiger partial charge in [-0.1, -0.05) is 13.8 Å². The molecular weight excluding hydrogens is 186 g/mol. The standard InChI is InChI=1S/C9H17NO4/c1-6(2)5-7(8(11)12)10(3)9(13)14-4/h6-7H,5H2,1-4H3,(H,11,12)/t7-/m0/s1. The largest absolute Gasteiger partial charge is 0.480 e. The number of ether oxygens (including phenoxy) is 1. The number of rotatable bonds is 4. The molecule has 14 heavy (non-hydrogen) atoms. The van der Waals surface area contributed by atoms with Crippen molar-refractivity contribution in [1.29, 1.82) is 0 Å². The van der Waals surface area contributed by atoms with Crippen LogP contribution in [0, 0.1) is 5.92 Å². The summed E-state index contributed by atoms with van der Waals surface area (Å²) in [5, 5.41) is 8.89. The zero-order chi connectivity index (χ0) is 11.3. The Morgan fingerprint density at radius 1 is 1.43 bits per heavy atom. The first kappa shape index (κ1) is 12.7. The maximum Gasteiger partial charge on any atom is 0.409 e. The van der Waals surface area contributed by atoms with Gasteiger partial charge in [-0.25, -0.2) is 9.59 Å². The summed E-state index contributed by atoms with van der Waals surface area (Å²) < 4.78 is 4.45. The highest BCUT2D eigenvalue weighted by molar-refractivity contribution is 5.79. The SMILES string of the molecule is COC(=O)N(C)[C@@H](CC(C)C)C(=O)O. The molecule has 0 fully saturated rings. The van der Waals surface area contributed by atoms with Crippen LogP contribution in [0.1, 0.15) is 20.3 Å². The van der Waals surface area contributed by atoms with Crippen molar-refractivity contribution in [1.82, 2.24) is 4.90 Å². The van der Waals surface area contributed by atoms with Crippen LogP contribution < -0.4 is 0 Å². The first-order chi connectivity index (χ1) is 6.40. The molecule has 0 aromatic heterocycles. The molecule has 1 N–H and O–H groups in total. The second kappa shape index (κ2) is 5.47. The van der Waals surface area contributed by atoms with Gasteiger partial charge in [-0.3, -0.25) is 4.90 Å². The van der Waals surface area contributed by atoms with Crippen LogP contribution in [0.15, 0.2) is 0 Å². The molecule has 0 aliphatic rings. The van der Waals surface area contributed by atoms with Crippen molar-refractivity contribution in [2.24, 2.45) is 5.92 Å². The minimum atomic E-state index is -1.01. The monoisotopic (exact) mass is 203 g/mol. The van der Waals surface area contributed by atoms with Crippen molar-refractivity contribution in [3.63, 3.8) is 0 Å². The summed E-state index contributed by atoms with van der Waals surface area (Å²) in [6.07, 6.45) is -0.209. The highest BCUT2D eigenvalue weighted by atomic mass is 16.5. The third-order valence-electron chi connectivity index (χ3n) is 1.91. The molecule has 0 aromatic rings. The van der Waals surface area contributed by atoms with Crippen molar-refractivity contribution >= 4 is 12.1 Å². The minimum absolute atomic E-state index is 0.211. The van der Waals surface area contributed by atoms with Crippen molar-refractivity contribution in [3.05, 3.63) is 0 Å². The van der Waals surface area contributed by atoms with Crippen molar-refractivity contribution in [2.75, 3.05) is 14.2 Å². The summed E-state index contributed by atoms with van der Waals surface area (Å²) in [7, 11) is 2.65. The fourth-order valence-corrected chi connectivity index (χ4v) is 1.14. The first-order valence-electron chi connectivity index (χ1n) is 4.43. The van der Waals surface area contributed by atoms with Gasteiger partial charge >= 0.3 is 12.1 Å². The summed E-state index contributed by atoms with van der Waals surface area (Å²) in [4.78, 5) is 23.0. The molecule has 82 valence electrons. The summed E-state index contributed by atoms with van der Waals surface area (Å²) in [5.41, 5.74) is 0. The number of methoxy groups -OCH3 is 1. The highest BCUT2D eigenvalue weighted by Crippen LogP contribution is 2.11. The average Bonchev–Trinajstić information content (AvgIpc) is 2.11. The van der Waals surface area contributed by atoms with E-state index in [4.69, 9.17) is 5.11 Å². The van der Waals surface area contributed by atoms with Gasteiger partial charge in [-0.15, -0.1) is 0 Å². The van der Waals surface area contributed by atoms with Crippen molar-refractivity contribution in [3.8, 4) is 0 Å². The molecule has 0 rings (SSSR count). The van der Waals surface area contributed by atoms with Crippen LogP contribution in [-0.2, 0) is 9.53 Å². The number of amides is 1. The predicted molar refractivity (Wildman–Crippen MR) is 51.0 cm³/mol. The normalized spacial score (nSPS) is 12.4. The van der Waals surface area contributed by atoms with Crippen LogP contribution in [0.2, 0.25) is 0 Å². The summed E-state index contributed by atoms with van der Waals surface area (Å²) in [5.74, 6) is -0.796. The maximum absolute atomic E-state index is 11.1. The lowest BCUT2D eigenvalue weighted by Gasteiger charge is -2.24. The van der Waals surface area contributed by atoms with Gasteiger partial charge in [0.15, 0.2) is 0 Å². The highest BCUT2D eigenvalue weighted by Gasteiger charge is 2.27. The molecule has 1 atom stereocenters. The van der Waals surface area contributed by atoms with E-state index in [1.807, 2.05) is 13.8 Å². The van der Waals surface area contributed by atoms with Crippen LogP contribution >= 0.6 is 0 Å². The van der Waals surface area contributed by atoms with E-state index in [2.05, 4.69) is 4.74 Å². The summed E-state index contributed by atoms with van der Waals surface area (Å²) >= 11 is 0. The zero-order valence-electron chi connectivity index (χ0n) is 8.98. The molecule has 0 unspecified atom stereocenters. The molecule has 0 heterocycles. The first-order valence-corrected chi connectivity index (χ1v) is 4.43. The van der Waals surface area contributed by atoms with E-state index in [1.54, 1.807) is 0 Å². The summed E-state index contributed by atoms with van der Waals surface area (Å²) in [6.45, 7) is 3.81. The number of likely N-dealkylation sites (N-methyl/N-ethyl adjacent to an activating group) is 1. The Morgan fingerprint density at radius 3 is 2.21 bits per heavy atom. The van der Waals surface area contributed by atoms with E-state index < -0.39 is 18.1 Å². The number of hydrogen-bond donors (Lipinski definition) is 1. The number of carbonyl (C=O) groups excluding carboxylic acids is 1. The Morgan fingerprint density at radius 2 is 1.93 bits per heavy atom. The van der Waals surface area contributed by atoms with Crippen LogP contribution in [0.4, 0.5) is 4.79 Å². The smallest absolute Gasteiger partial charge is 0.409 e. The quantitative estimate of drug-likeness (QED) is 0.745. The van der Waals surface area contributed by atoms with Crippen LogP contribution in [-0.4, -0.2) is 42.3 Å². The van der Waals surface area contributed by atoms with E-state index >= 15 is 0 Å². The van der Waals surface area contributed by atoms with E-state index in [1.165, 1.54) is 14.2 Å². The lowest BCUT2D eigenvalue weighted by molar-refractivity contribution is -0.142. The van der Waals surface area contributed by atoms with E-state index in [-0.39, 0.29) is 5.92 Å². The number of aliphatic carboxylic acids is 1. The maximum atomic E-state index is 11.1. The van der Waals surface area contributed by atoms with Crippen molar-refractivity contribution < 1.29 is 19.4 Å². The van der Waals surface area contributed by atoms with Gasteiger partial charge in [-0.05, 0) is 12.3 Å². The van der Waals surface area contributed by atoms with E-state index in [9.17, 15) is 9.59 Å². The van der Waals surface area contributed by atoms with Gasteiger partial charge in [0.1, 0.15) is 6.04 Å². The molecule has 5 heteroatoms. The minimum Gasteiger partial charge on any atom is -0.480 e. The van der Waals surface area contributed by atoms with Gasteiger partial charge in [0.2, 0.25) is 0 Å². The molecule has 1 amide bonds. The molecule has 0 radical (unpaired) electrons. The number of carboxylic acid groups (broad SMARTS) is 1. The van der Waals surface area contributed by atoms with Gasteiger partial charge < -0.3 is 9.84 Å². The molecule has 0 aromatic carbocycles. The molecule has 0 saturated heterocycles. The Kier molecular flexibility index (Phi) is 4.97. The number of hydrogen-bond acceptors (Lipinski definition) is 3. The van der Waals surface area contributed by atoms with Crippen molar-refractivity contribution in [2.45, 2.75) is 26.3 Å². The third kappa shape index (κ3) is 3.64.